The van der Waals surface area contributed by atoms with E-state index in [1.54, 1.807) is 0 Å². The lowest BCUT2D eigenvalue weighted by Gasteiger charge is -2.18. The summed E-state index contributed by atoms with van der Waals surface area (Å²) in [5, 5.41) is 22.4. The normalized spacial score (nSPS) is 27.6. The Morgan fingerprint density at radius 1 is 1.38 bits per heavy atom. The quantitative estimate of drug-likeness (QED) is 0.598. The van der Waals surface area contributed by atoms with Crippen LogP contribution < -0.4 is 5.32 Å². The van der Waals surface area contributed by atoms with E-state index in [4.69, 9.17) is 4.74 Å². The van der Waals surface area contributed by atoms with Crippen molar-refractivity contribution in [3.8, 4) is 0 Å². The molecule has 96 valence electrons. The zero-order chi connectivity index (χ0) is 12.0. The highest BCUT2D eigenvalue weighted by Gasteiger charge is 2.24. The van der Waals surface area contributed by atoms with E-state index >= 15 is 0 Å². The van der Waals surface area contributed by atoms with Crippen LogP contribution in [-0.2, 0) is 4.74 Å². The van der Waals surface area contributed by atoms with E-state index < -0.39 is 6.10 Å². The van der Waals surface area contributed by atoms with Gasteiger partial charge in [-0.15, -0.1) is 0 Å². The Balaban J connectivity index is 2.01. The van der Waals surface area contributed by atoms with Crippen LogP contribution >= 0.6 is 0 Å². The second-order valence-electron chi connectivity index (χ2n) is 4.95. The molecule has 4 nitrogen and oxygen atoms in total. The first kappa shape index (κ1) is 13.9. The van der Waals surface area contributed by atoms with E-state index in [0.29, 0.717) is 19.1 Å². The van der Waals surface area contributed by atoms with E-state index in [0.717, 1.165) is 25.8 Å². The van der Waals surface area contributed by atoms with E-state index in [1.165, 1.54) is 0 Å². The summed E-state index contributed by atoms with van der Waals surface area (Å²) in [6.07, 6.45) is 2.67. The van der Waals surface area contributed by atoms with Gasteiger partial charge in [0.1, 0.15) is 0 Å². The lowest BCUT2D eigenvalue weighted by atomic mass is 10.1. The molecule has 0 radical (unpaired) electrons. The number of ether oxygens (including phenoxy) is 1. The molecule has 0 amide bonds. The van der Waals surface area contributed by atoms with Crippen molar-refractivity contribution < 1.29 is 14.9 Å². The average Bonchev–Trinajstić information content (AvgIpc) is 2.61. The number of aliphatic hydroxyl groups is 2. The largest absolute Gasteiger partial charge is 0.393 e. The monoisotopic (exact) mass is 231 g/mol. The van der Waals surface area contributed by atoms with Gasteiger partial charge in [-0.3, -0.25) is 0 Å². The van der Waals surface area contributed by atoms with E-state index in [-0.39, 0.29) is 12.2 Å². The summed E-state index contributed by atoms with van der Waals surface area (Å²) in [6.45, 7) is 5.61. The molecule has 0 aromatic heterocycles. The molecule has 3 atom stereocenters. The number of aliphatic hydroxyl groups excluding tert-OH is 2. The zero-order valence-electron chi connectivity index (χ0n) is 10.4. The molecule has 0 aromatic carbocycles. The molecule has 4 heteroatoms. The van der Waals surface area contributed by atoms with Crippen LogP contribution in [0.25, 0.3) is 0 Å². The van der Waals surface area contributed by atoms with Crippen LogP contribution in [0.3, 0.4) is 0 Å². The maximum Gasteiger partial charge on any atom is 0.0897 e. The molecule has 1 aliphatic carbocycles. The van der Waals surface area contributed by atoms with Crippen molar-refractivity contribution in [2.45, 2.75) is 51.4 Å². The fourth-order valence-electron chi connectivity index (χ4n) is 2.05. The summed E-state index contributed by atoms with van der Waals surface area (Å²) in [7, 11) is 0. The van der Waals surface area contributed by atoms with Crippen molar-refractivity contribution in [2.75, 3.05) is 19.7 Å². The van der Waals surface area contributed by atoms with Crippen LogP contribution in [0, 0.1) is 5.92 Å². The Kier molecular flexibility index (Phi) is 6.28. The highest BCUT2D eigenvalue weighted by molar-refractivity contribution is 4.78. The summed E-state index contributed by atoms with van der Waals surface area (Å²) in [5.74, 6) is 0.359. The lowest BCUT2D eigenvalue weighted by molar-refractivity contribution is 0.00562. The standard InChI is InChI=1S/C12H25NO3/c1-9(2)16-8-11(14)7-13-6-10-4-3-5-12(10)15/h9-15H,3-8H2,1-2H3. The van der Waals surface area contributed by atoms with Gasteiger partial charge in [-0.05, 0) is 32.6 Å². The molecule has 3 unspecified atom stereocenters. The maximum absolute atomic E-state index is 9.60. The Hall–Kier alpha value is -0.160. The van der Waals surface area contributed by atoms with E-state index in [9.17, 15) is 10.2 Å². The van der Waals surface area contributed by atoms with Crippen molar-refractivity contribution in [2.24, 2.45) is 5.92 Å². The highest BCUT2D eigenvalue weighted by Crippen LogP contribution is 2.24. The topological polar surface area (TPSA) is 61.7 Å². The first-order chi connectivity index (χ1) is 7.59. The SMILES string of the molecule is CC(C)OCC(O)CNCC1CCCC1O. The molecule has 1 fully saturated rings. The Bertz CT molecular complexity index is 187. The summed E-state index contributed by atoms with van der Waals surface area (Å²) in [6, 6.07) is 0. The Labute approximate surface area is 98.0 Å². The maximum atomic E-state index is 9.60. The van der Waals surface area contributed by atoms with Crippen LogP contribution in [0.5, 0.6) is 0 Å². The molecule has 0 heterocycles. The minimum atomic E-state index is -0.457. The fourth-order valence-corrected chi connectivity index (χ4v) is 2.05. The summed E-state index contributed by atoms with van der Waals surface area (Å²) in [5.41, 5.74) is 0. The molecule has 0 aliphatic heterocycles. The zero-order valence-corrected chi connectivity index (χ0v) is 10.4. The lowest BCUT2D eigenvalue weighted by Crippen LogP contribution is -2.35. The molecule has 1 aliphatic rings. The van der Waals surface area contributed by atoms with Gasteiger partial charge >= 0.3 is 0 Å². The molecule has 1 saturated carbocycles. The van der Waals surface area contributed by atoms with Crippen molar-refractivity contribution in [1.82, 2.24) is 5.32 Å². The third-order valence-corrected chi connectivity index (χ3v) is 3.03. The van der Waals surface area contributed by atoms with Gasteiger partial charge in [0, 0.05) is 13.1 Å². The summed E-state index contributed by atoms with van der Waals surface area (Å²) < 4.78 is 5.31. The van der Waals surface area contributed by atoms with Gasteiger partial charge in [0.05, 0.1) is 24.9 Å². The fraction of sp³-hybridized carbons (Fsp3) is 1.00. The minimum absolute atomic E-state index is 0.156. The average molecular weight is 231 g/mol. The van der Waals surface area contributed by atoms with Crippen LogP contribution in [-0.4, -0.2) is 48.2 Å². The molecule has 1 rings (SSSR count). The first-order valence-corrected chi connectivity index (χ1v) is 6.28. The van der Waals surface area contributed by atoms with Crippen LogP contribution in [0.15, 0.2) is 0 Å². The van der Waals surface area contributed by atoms with Gasteiger partial charge in [0.2, 0.25) is 0 Å². The number of rotatable bonds is 7. The third kappa shape index (κ3) is 5.25. The van der Waals surface area contributed by atoms with Gasteiger partial charge < -0.3 is 20.3 Å². The van der Waals surface area contributed by atoms with E-state index in [2.05, 4.69) is 5.32 Å². The second kappa shape index (κ2) is 7.22. The highest BCUT2D eigenvalue weighted by atomic mass is 16.5. The van der Waals surface area contributed by atoms with Crippen molar-refractivity contribution >= 4 is 0 Å². The minimum Gasteiger partial charge on any atom is -0.393 e. The van der Waals surface area contributed by atoms with Crippen LogP contribution in [0.4, 0.5) is 0 Å². The smallest absolute Gasteiger partial charge is 0.0897 e. The molecule has 0 aromatic rings. The van der Waals surface area contributed by atoms with Crippen molar-refractivity contribution in [3.63, 3.8) is 0 Å². The van der Waals surface area contributed by atoms with E-state index in [1.807, 2.05) is 13.8 Å². The molecule has 0 spiro atoms. The Morgan fingerprint density at radius 3 is 2.69 bits per heavy atom. The van der Waals surface area contributed by atoms with Gasteiger partial charge in [-0.2, -0.15) is 0 Å². The molecule has 0 saturated heterocycles. The number of hydrogen-bond donors (Lipinski definition) is 3. The predicted octanol–water partition coefficient (Wildman–Crippen LogP) is 0.523. The molecular formula is C12H25NO3. The second-order valence-corrected chi connectivity index (χ2v) is 4.95. The number of nitrogens with one attached hydrogen (secondary N) is 1. The Morgan fingerprint density at radius 2 is 2.12 bits per heavy atom. The third-order valence-electron chi connectivity index (χ3n) is 3.03. The van der Waals surface area contributed by atoms with Gasteiger partial charge in [0.25, 0.3) is 0 Å². The van der Waals surface area contributed by atoms with Gasteiger partial charge in [0.15, 0.2) is 0 Å². The predicted molar refractivity (Wildman–Crippen MR) is 63.3 cm³/mol. The van der Waals surface area contributed by atoms with Crippen molar-refractivity contribution in [3.05, 3.63) is 0 Å². The van der Waals surface area contributed by atoms with Crippen LogP contribution in [0.1, 0.15) is 33.1 Å². The van der Waals surface area contributed by atoms with Crippen molar-refractivity contribution in [1.29, 1.82) is 0 Å². The molecular weight excluding hydrogens is 206 g/mol. The van der Waals surface area contributed by atoms with Gasteiger partial charge in [-0.1, -0.05) is 6.42 Å². The summed E-state index contributed by atoms with van der Waals surface area (Å²) >= 11 is 0. The summed E-state index contributed by atoms with van der Waals surface area (Å²) in [4.78, 5) is 0. The van der Waals surface area contributed by atoms with Crippen LogP contribution in [0.2, 0.25) is 0 Å². The molecule has 16 heavy (non-hydrogen) atoms. The molecule has 0 bridgehead atoms. The number of hydrogen-bond acceptors (Lipinski definition) is 4. The molecule has 3 N–H and O–H groups in total. The van der Waals surface area contributed by atoms with Gasteiger partial charge in [-0.25, -0.2) is 0 Å². The first-order valence-electron chi connectivity index (χ1n) is 6.28.